The normalized spacial score (nSPS) is 13.6. The van der Waals surface area contributed by atoms with E-state index >= 15 is 0 Å². The van der Waals surface area contributed by atoms with Crippen molar-refractivity contribution in [2.75, 3.05) is 6.54 Å². The van der Waals surface area contributed by atoms with E-state index in [0.29, 0.717) is 6.42 Å². The highest BCUT2D eigenvalue weighted by Crippen LogP contribution is 2.04. The molecule has 0 aliphatic heterocycles. The summed E-state index contributed by atoms with van der Waals surface area (Å²) in [6, 6.07) is 9.02. The van der Waals surface area contributed by atoms with E-state index in [0.717, 1.165) is 5.56 Å². The smallest absolute Gasteiger partial charge is 0.242 e. The fourth-order valence-electron chi connectivity index (χ4n) is 2.04. The van der Waals surface area contributed by atoms with Gasteiger partial charge in [-0.15, -0.1) is 0 Å². The average molecular weight is 292 g/mol. The number of aliphatic hydroxyl groups excluding tert-OH is 1. The van der Waals surface area contributed by atoms with Gasteiger partial charge in [-0.25, -0.2) is 0 Å². The summed E-state index contributed by atoms with van der Waals surface area (Å²) in [6.07, 6.45) is -0.172. The van der Waals surface area contributed by atoms with Crippen LogP contribution in [-0.2, 0) is 16.0 Å². The monoisotopic (exact) mass is 292 g/mol. The van der Waals surface area contributed by atoms with Crippen LogP contribution in [0, 0.1) is 5.92 Å². The first-order chi connectivity index (χ1) is 9.90. The molecule has 1 aromatic carbocycles. The van der Waals surface area contributed by atoms with Gasteiger partial charge in [0, 0.05) is 19.9 Å². The Morgan fingerprint density at radius 2 is 1.81 bits per heavy atom. The van der Waals surface area contributed by atoms with Crippen molar-refractivity contribution < 1.29 is 14.7 Å². The molecular weight excluding hydrogens is 268 g/mol. The Balaban J connectivity index is 2.45. The summed E-state index contributed by atoms with van der Waals surface area (Å²) >= 11 is 0. The fourth-order valence-corrected chi connectivity index (χ4v) is 2.04. The molecule has 1 aromatic rings. The molecule has 0 heterocycles. The number of carbonyl (C=O) groups is 2. The minimum Gasteiger partial charge on any atom is -0.391 e. The zero-order valence-corrected chi connectivity index (χ0v) is 12.8. The molecule has 0 saturated carbocycles. The van der Waals surface area contributed by atoms with Crippen molar-refractivity contribution in [1.82, 2.24) is 10.6 Å². The van der Waals surface area contributed by atoms with Gasteiger partial charge in [0.1, 0.15) is 6.04 Å². The lowest BCUT2D eigenvalue weighted by molar-refractivity contribution is -0.129. The molecule has 0 bridgehead atoms. The van der Waals surface area contributed by atoms with Gasteiger partial charge in [-0.2, -0.15) is 0 Å². The molecule has 2 atom stereocenters. The standard InChI is InChI=1S/C16H24N2O3/c1-11(2)15(18-12(3)19)16(21)17-10-14(20)9-13-7-5-4-6-8-13/h4-8,11,14-15,20H,9-10H2,1-3H3,(H,17,21)(H,18,19). The van der Waals surface area contributed by atoms with Crippen LogP contribution in [0.3, 0.4) is 0 Å². The molecule has 0 aliphatic rings. The molecule has 0 fully saturated rings. The van der Waals surface area contributed by atoms with Crippen LogP contribution in [0.4, 0.5) is 0 Å². The van der Waals surface area contributed by atoms with Crippen LogP contribution in [-0.4, -0.2) is 35.6 Å². The number of hydrogen-bond acceptors (Lipinski definition) is 3. The van der Waals surface area contributed by atoms with Gasteiger partial charge in [0.25, 0.3) is 0 Å². The maximum atomic E-state index is 12.0. The predicted octanol–water partition coefficient (Wildman–Crippen LogP) is 0.867. The number of amides is 2. The average Bonchev–Trinajstić information content (AvgIpc) is 2.43. The van der Waals surface area contributed by atoms with E-state index in [-0.39, 0.29) is 24.3 Å². The maximum Gasteiger partial charge on any atom is 0.242 e. The van der Waals surface area contributed by atoms with Crippen LogP contribution in [0.1, 0.15) is 26.3 Å². The predicted molar refractivity (Wildman–Crippen MR) is 81.6 cm³/mol. The third-order valence-electron chi connectivity index (χ3n) is 3.13. The molecule has 0 spiro atoms. The molecule has 5 heteroatoms. The molecule has 0 aliphatic carbocycles. The number of hydrogen-bond donors (Lipinski definition) is 3. The second kappa shape index (κ2) is 8.42. The Labute approximate surface area is 125 Å². The minimum atomic E-state index is -0.651. The first-order valence-electron chi connectivity index (χ1n) is 7.17. The molecule has 0 saturated heterocycles. The molecule has 2 unspecified atom stereocenters. The third kappa shape index (κ3) is 6.40. The van der Waals surface area contributed by atoms with Crippen LogP contribution in [0.25, 0.3) is 0 Å². The Morgan fingerprint density at radius 3 is 2.33 bits per heavy atom. The van der Waals surface area contributed by atoms with E-state index in [9.17, 15) is 14.7 Å². The quantitative estimate of drug-likeness (QED) is 0.697. The van der Waals surface area contributed by atoms with Gasteiger partial charge in [0.15, 0.2) is 0 Å². The highest BCUT2D eigenvalue weighted by atomic mass is 16.3. The van der Waals surface area contributed by atoms with Crippen molar-refractivity contribution in [1.29, 1.82) is 0 Å². The lowest BCUT2D eigenvalue weighted by atomic mass is 10.0. The summed E-state index contributed by atoms with van der Waals surface area (Å²) in [5.74, 6) is -0.527. The van der Waals surface area contributed by atoms with Gasteiger partial charge in [0.05, 0.1) is 6.10 Å². The lowest BCUT2D eigenvalue weighted by Crippen LogP contribution is -2.50. The topological polar surface area (TPSA) is 78.4 Å². The summed E-state index contributed by atoms with van der Waals surface area (Å²) in [5.41, 5.74) is 1.02. The van der Waals surface area contributed by atoms with Crippen molar-refractivity contribution in [3.05, 3.63) is 35.9 Å². The Kier molecular flexibility index (Phi) is 6.88. The summed E-state index contributed by atoms with van der Waals surface area (Å²) < 4.78 is 0. The van der Waals surface area contributed by atoms with E-state index in [1.807, 2.05) is 44.2 Å². The number of carbonyl (C=O) groups excluding carboxylic acids is 2. The minimum absolute atomic E-state index is 0.0137. The molecule has 0 radical (unpaired) electrons. The van der Waals surface area contributed by atoms with Crippen molar-refractivity contribution in [3.63, 3.8) is 0 Å². The van der Waals surface area contributed by atoms with Gasteiger partial charge in [-0.05, 0) is 11.5 Å². The number of nitrogens with one attached hydrogen (secondary N) is 2. The molecule has 116 valence electrons. The van der Waals surface area contributed by atoms with Gasteiger partial charge in [-0.3, -0.25) is 9.59 Å². The first-order valence-corrected chi connectivity index (χ1v) is 7.17. The number of aliphatic hydroxyl groups is 1. The zero-order chi connectivity index (χ0) is 15.8. The van der Waals surface area contributed by atoms with Crippen molar-refractivity contribution in [2.24, 2.45) is 5.92 Å². The van der Waals surface area contributed by atoms with Gasteiger partial charge in [-0.1, -0.05) is 44.2 Å². The van der Waals surface area contributed by atoms with E-state index < -0.39 is 12.1 Å². The Bertz CT molecular complexity index is 460. The van der Waals surface area contributed by atoms with E-state index in [1.54, 1.807) is 0 Å². The van der Waals surface area contributed by atoms with Crippen LogP contribution in [0.15, 0.2) is 30.3 Å². The molecular formula is C16H24N2O3. The molecule has 21 heavy (non-hydrogen) atoms. The van der Waals surface area contributed by atoms with E-state index in [4.69, 9.17) is 0 Å². The highest BCUT2D eigenvalue weighted by Gasteiger charge is 2.23. The van der Waals surface area contributed by atoms with E-state index in [1.165, 1.54) is 6.92 Å². The highest BCUT2D eigenvalue weighted by molar-refractivity contribution is 5.87. The van der Waals surface area contributed by atoms with E-state index in [2.05, 4.69) is 10.6 Å². The van der Waals surface area contributed by atoms with Crippen LogP contribution >= 0.6 is 0 Å². The molecule has 5 nitrogen and oxygen atoms in total. The maximum absolute atomic E-state index is 12.0. The number of benzene rings is 1. The Hall–Kier alpha value is -1.88. The lowest BCUT2D eigenvalue weighted by Gasteiger charge is -2.22. The van der Waals surface area contributed by atoms with Crippen molar-refractivity contribution in [2.45, 2.75) is 39.3 Å². The van der Waals surface area contributed by atoms with Gasteiger partial charge < -0.3 is 15.7 Å². The zero-order valence-electron chi connectivity index (χ0n) is 12.8. The van der Waals surface area contributed by atoms with Gasteiger partial charge >= 0.3 is 0 Å². The largest absolute Gasteiger partial charge is 0.391 e. The fraction of sp³-hybridized carbons (Fsp3) is 0.500. The summed E-state index contributed by atoms with van der Waals surface area (Å²) in [6.45, 7) is 5.27. The molecule has 0 aromatic heterocycles. The number of rotatable bonds is 7. The van der Waals surface area contributed by atoms with Crippen LogP contribution in [0.2, 0.25) is 0 Å². The second-order valence-corrected chi connectivity index (χ2v) is 5.51. The third-order valence-corrected chi connectivity index (χ3v) is 3.13. The summed E-state index contributed by atoms with van der Waals surface area (Å²) in [7, 11) is 0. The Morgan fingerprint density at radius 1 is 1.19 bits per heavy atom. The first kappa shape index (κ1) is 17.2. The molecule has 2 amide bonds. The van der Waals surface area contributed by atoms with Gasteiger partial charge in [0.2, 0.25) is 11.8 Å². The summed E-state index contributed by atoms with van der Waals surface area (Å²) in [4.78, 5) is 23.1. The van der Waals surface area contributed by atoms with Crippen LogP contribution in [0.5, 0.6) is 0 Å². The van der Waals surface area contributed by atoms with Crippen molar-refractivity contribution in [3.8, 4) is 0 Å². The van der Waals surface area contributed by atoms with Crippen LogP contribution < -0.4 is 10.6 Å². The molecule has 3 N–H and O–H groups in total. The second-order valence-electron chi connectivity index (χ2n) is 5.51. The molecule has 1 rings (SSSR count). The van der Waals surface area contributed by atoms with Crippen molar-refractivity contribution >= 4 is 11.8 Å². The summed E-state index contributed by atoms with van der Waals surface area (Å²) in [5, 5.41) is 15.3. The SMILES string of the molecule is CC(=O)NC(C(=O)NCC(O)Cc1ccccc1)C(C)C.